The molecule has 3 nitrogen and oxygen atoms in total. The number of anilines is 1. The largest absolute Gasteiger partial charge is 0.367 e. The zero-order chi connectivity index (χ0) is 13.1. The highest BCUT2D eigenvalue weighted by Crippen LogP contribution is 2.22. The summed E-state index contributed by atoms with van der Waals surface area (Å²) in [5.74, 6) is 1.59. The molecule has 0 saturated carbocycles. The average molecular weight is 256 g/mol. The summed E-state index contributed by atoms with van der Waals surface area (Å²) in [6, 6.07) is 2.18. The van der Waals surface area contributed by atoms with Crippen molar-refractivity contribution in [3.8, 4) is 0 Å². The Bertz CT molecular complexity index is 371. The lowest BCUT2D eigenvalue weighted by molar-refractivity contribution is 0.545. The van der Waals surface area contributed by atoms with Gasteiger partial charge in [-0.15, -0.1) is 0 Å². The van der Waals surface area contributed by atoms with Crippen LogP contribution in [0, 0.1) is 0 Å². The molecule has 0 aliphatic carbocycles. The number of hydrogen-bond acceptors (Lipinski definition) is 3. The number of hydrogen-bond donors (Lipinski definition) is 1. The molecular weight excluding hydrogens is 234 g/mol. The molecule has 0 fully saturated rings. The van der Waals surface area contributed by atoms with Gasteiger partial charge in [0, 0.05) is 17.5 Å². The van der Waals surface area contributed by atoms with E-state index in [4.69, 9.17) is 11.6 Å². The molecule has 0 spiro atoms. The van der Waals surface area contributed by atoms with Crippen LogP contribution >= 0.6 is 11.6 Å². The summed E-state index contributed by atoms with van der Waals surface area (Å²) >= 11 is 6.03. The first-order valence-electron chi connectivity index (χ1n) is 6.14. The van der Waals surface area contributed by atoms with Gasteiger partial charge in [-0.05, 0) is 13.3 Å². The van der Waals surface area contributed by atoms with Gasteiger partial charge in [-0.2, -0.15) is 0 Å². The van der Waals surface area contributed by atoms with Crippen LogP contribution in [-0.2, 0) is 5.41 Å². The van der Waals surface area contributed by atoms with Gasteiger partial charge in [-0.1, -0.05) is 45.7 Å². The van der Waals surface area contributed by atoms with Crippen molar-refractivity contribution in [1.29, 1.82) is 0 Å². The van der Waals surface area contributed by atoms with Crippen molar-refractivity contribution in [1.82, 2.24) is 9.97 Å². The lowest BCUT2D eigenvalue weighted by atomic mass is 9.96. The maximum Gasteiger partial charge on any atom is 0.137 e. The van der Waals surface area contributed by atoms with Crippen molar-refractivity contribution in [3.63, 3.8) is 0 Å². The van der Waals surface area contributed by atoms with Gasteiger partial charge in [0.25, 0.3) is 0 Å². The van der Waals surface area contributed by atoms with E-state index in [0.29, 0.717) is 11.2 Å². The number of halogens is 1. The van der Waals surface area contributed by atoms with E-state index < -0.39 is 0 Å². The molecule has 0 aliphatic rings. The van der Waals surface area contributed by atoms with E-state index in [0.717, 1.165) is 24.5 Å². The third kappa shape index (κ3) is 4.50. The highest BCUT2D eigenvalue weighted by atomic mass is 35.5. The van der Waals surface area contributed by atoms with E-state index in [1.54, 1.807) is 6.07 Å². The molecule has 0 amide bonds. The predicted octanol–water partition coefficient (Wildman–Crippen LogP) is 4.03. The Balaban J connectivity index is 2.90. The molecule has 1 unspecified atom stereocenters. The third-order valence-corrected chi connectivity index (χ3v) is 2.68. The zero-order valence-electron chi connectivity index (χ0n) is 11.3. The molecule has 1 rings (SSSR count). The Kier molecular flexibility index (Phi) is 4.75. The fourth-order valence-electron chi connectivity index (χ4n) is 1.58. The second-order valence-corrected chi connectivity index (χ2v) is 5.87. The fourth-order valence-corrected chi connectivity index (χ4v) is 1.77. The predicted molar refractivity (Wildman–Crippen MR) is 73.7 cm³/mol. The van der Waals surface area contributed by atoms with Crippen LogP contribution in [0.3, 0.4) is 0 Å². The van der Waals surface area contributed by atoms with Crippen molar-refractivity contribution >= 4 is 17.4 Å². The first-order valence-corrected chi connectivity index (χ1v) is 6.52. The first kappa shape index (κ1) is 14.2. The minimum Gasteiger partial charge on any atom is -0.367 e. The zero-order valence-corrected chi connectivity index (χ0v) is 12.1. The summed E-state index contributed by atoms with van der Waals surface area (Å²) in [7, 11) is 0. The summed E-state index contributed by atoms with van der Waals surface area (Å²) in [5.41, 5.74) is -0.0880. The smallest absolute Gasteiger partial charge is 0.137 e. The van der Waals surface area contributed by atoms with Crippen molar-refractivity contribution < 1.29 is 0 Å². The monoisotopic (exact) mass is 255 g/mol. The average Bonchev–Trinajstić information content (AvgIpc) is 2.15. The minimum absolute atomic E-state index is 0.0880. The van der Waals surface area contributed by atoms with Crippen LogP contribution in [0.25, 0.3) is 0 Å². The van der Waals surface area contributed by atoms with E-state index >= 15 is 0 Å². The fraction of sp³-hybridized carbons (Fsp3) is 0.692. The highest BCUT2D eigenvalue weighted by molar-refractivity contribution is 6.29. The SMILES string of the molecule is CCCC(C)Nc1cc(Cl)nc(C(C)(C)C)n1. The molecule has 0 aliphatic heterocycles. The Morgan fingerprint density at radius 3 is 2.53 bits per heavy atom. The van der Waals surface area contributed by atoms with Crippen molar-refractivity contribution in [2.45, 2.75) is 58.9 Å². The third-order valence-electron chi connectivity index (χ3n) is 2.48. The maximum atomic E-state index is 6.03. The van der Waals surface area contributed by atoms with Gasteiger partial charge >= 0.3 is 0 Å². The van der Waals surface area contributed by atoms with Gasteiger partial charge < -0.3 is 5.32 Å². The van der Waals surface area contributed by atoms with Gasteiger partial charge in [0.15, 0.2) is 0 Å². The summed E-state index contributed by atoms with van der Waals surface area (Å²) in [6.45, 7) is 10.6. The van der Waals surface area contributed by atoms with Crippen LogP contribution in [-0.4, -0.2) is 16.0 Å². The van der Waals surface area contributed by atoms with Gasteiger partial charge in [0.1, 0.15) is 16.8 Å². The molecule has 1 atom stereocenters. The molecule has 0 aromatic carbocycles. The lowest BCUT2D eigenvalue weighted by Crippen LogP contribution is -2.20. The Morgan fingerprint density at radius 2 is 2.00 bits per heavy atom. The molecule has 4 heteroatoms. The van der Waals surface area contributed by atoms with Gasteiger partial charge in [-0.25, -0.2) is 9.97 Å². The number of rotatable bonds is 4. The van der Waals surface area contributed by atoms with Crippen LogP contribution in [0.15, 0.2) is 6.07 Å². The maximum absolute atomic E-state index is 6.03. The number of nitrogens with zero attached hydrogens (tertiary/aromatic N) is 2. The minimum atomic E-state index is -0.0880. The second kappa shape index (κ2) is 5.67. The molecule has 1 heterocycles. The highest BCUT2D eigenvalue weighted by Gasteiger charge is 2.19. The number of nitrogens with one attached hydrogen (secondary N) is 1. The van der Waals surface area contributed by atoms with Gasteiger partial charge in [-0.3, -0.25) is 0 Å². The van der Waals surface area contributed by atoms with Crippen molar-refractivity contribution in [2.75, 3.05) is 5.32 Å². The Labute approximate surface area is 109 Å². The number of aromatic nitrogens is 2. The van der Waals surface area contributed by atoms with Gasteiger partial charge in [0.2, 0.25) is 0 Å². The quantitative estimate of drug-likeness (QED) is 0.826. The molecule has 0 radical (unpaired) electrons. The Hall–Kier alpha value is -0.830. The first-order chi connectivity index (χ1) is 7.82. The summed E-state index contributed by atoms with van der Waals surface area (Å²) in [6.07, 6.45) is 2.27. The second-order valence-electron chi connectivity index (χ2n) is 5.48. The normalized spacial score (nSPS) is 13.5. The summed E-state index contributed by atoms with van der Waals surface area (Å²) in [5, 5.41) is 3.86. The van der Waals surface area contributed by atoms with E-state index in [2.05, 4.69) is 49.9 Å². The van der Waals surface area contributed by atoms with Crippen molar-refractivity contribution in [3.05, 3.63) is 17.0 Å². The van der Waals surface area contributed by atoms with E-state index in [9.17, 15) is 0 Å². The Morgan fingerprint density at radius 1 is 1.35 bits per heavy atom. The topological polar surface area (TPSA) is 37.8 Å². The molecule has 1 N–H and O–H groups in total. The summed E-state index contributed by atoms with van der Waals surface area (Å²) in [4.78, 5) is 8.79. The molecule has 0 bridgehead atoms. The standard InChI is InChI=1S/C13H22ClN3/c1-6-7-9(2)15-11-8-10(14)16-12(17-11)13(3,4)5/h8-9H,6-7H2,1-5H3,(H,15,16,17). The molecule has 96 valence electrons. The van der Waals surface area contributed by atoms with E-state index in [1.165, 1.54) is 0 Å². The molecule has 17 heavy (non-hydrogen) atoms. The van der Waals surface area contributed by atoms with E-state index in [-0.39, 0.29) is 5.41 Å². The van der Waals surface area contributed by atoms with E-state index in [1.807, 2.05) is 0 Å². The van der Waals surface area contributed by atoms with Gasteiger partial charge in [0.05, 0.1) is 0 Å². The van der Waals surface area contributed by atoms with Crippen LogP contribution in [0.1, 0.15) is 53.3 Å². The van der Waals surface area contributed by atoms with Crippen LogP contribution in [0.4, 0.5) is 5.82 Å². The molecule has 1 aromatic heterocycles. The van der Waals surface area contributed by atoms with Crippen LogP contribution < -0.4 is 5.32 Å². The van der Waals surface area contributed by atoms with Crippen LogP contribution in [0.5, 0.6) is 0 Å². The van der Waals surface area contributed by atoms with Crippen LogP contribution in [0.2, 0.25) is 5.15 Å². The molecular formula is C13H22ClN3. The molecule has 1 aromatic rings. The lowest BCUT2D eigenvalue weighted by Gasteiger charge is -2.19. The van der Waals surface area contributed by atoms with Crippen molar-refractivity contribution in [2.24, 2.45) is 0 Å². The molecule has 0 saturated heterocycles. The summed E-state index contributed by atoms with van der Waals surface area (Å²) < 4.78 is 0.